The van der Waals surface area contributed by atoms with Crippen molar-refractivity contribution in [1.82, 2.24) is 9.80 Å². The molecule has 1 fully saturated rings. The van der Waals surface area contributed by atoms with E-state index >= 15 is 0 Å². The standard InChI is InChI=1S/C17H25FN2O2/c1-19(12-13-22-16-9-5-4-8-15(16)18)14-17(21)20-10-6-2-3-7-11-20/h4-5,8-9H,2-3,6-7,10-14H2,1H3. The third kappa shape index (κ3) is 5.30. The average Bonchev–Trinajstić information content (AvgIpc) is 2.78. The summed E-state index contributed by atoms with van der Waals surface area (Å²) in [5.74, 6) is 0.0795. The lowest BCUT2D eigenvalue weighted by molar-refractivity contribution is -0.132. The highest BCUT2D eigenvalue weighted by Gasteiger charge is 2.16. The minimum absolute atomic E-state index is 0.176. The first-order valence-corrected chi connectivity index (χ1v) is 8.00. The Morgan fingerprint density at radius 1 is 1.23 bits per heavy atom. The number of nitrogens with zero attached hydrogens (tertiary/aromatic N) is 2. The minimum Gasteiger partial charge on any atom is -0.489 e. The summed E-state index contributed by atoms with van der Waals surface area (Å²) in [6.07, 6.45) is 4.64. The molecule has 1 aliphatic rings. The maximum atomic E-state index is 13.4. The van der Waals surface area contributed by atoms with Crippen molar-refractivity contribution in [2.24, 2.45) is 0 Å². The number of amides is 1. The van der Waals surface area contributed by atoms with E-state index in [1.807, 2.05) is 16.8 Å². The highest BCUT2D eigenvalue weighted by molar-refractivity contribution is 5.78. The fourth-order valence-electron chi connectivity index (χ4n) is 2.60. The average molecular weight is 308 g/mol. The summed E-state index contributed by atoms with van der Waals surface area (Å²) < 4.78 is 18.8. The van der Waals surface area contributed by atoms with Crippen LogP contribution < -0.4 is 4.74 Å². The molecule has 0 saturated carbocycles. The predicted octanol–water partition coefficient (Wildman–Crippen LogP) is 2.54. The van der Waals surface area contributed by atoms with Crippen LogP contribution in [0.4, 0.5) is 4.39 Å². The molecule has 1 aliphatic heterocycles. The Morgan fingerprint density at radius 2 is 1.91 bits per heavy atom. The first kappa shape index (κ1) is 16.7. The van der Waals surface area contributed by atoms with Crippen molar-refractivity contribution in [3.8, 4) is 5.75 Å². The molecule has 1 aromatic carbocycles. The first-order chi connectivity index (χ1) is 10.7. The summed E-state index contributed by atoms with van der Waals surface area (Å²) in [7, 11) is 1.89. The summed E-state index contributed by atoms with van der Waals surface area (Å²) in [4.78, 5) is 16.1. The molecule has 1 amide bonds. The van der Waals surface area contributed by atoms with E-state index in [2.05, 4.69) is 0 Å². The van der Waals surface area contributed by atoms with Gasteiger partial charge in [-0.3, -0.25) is 9.69 Å². The van der Waals surface area contributed by atoms with Gasteiger partial charge in [0.1, 0.15) is 6.61 Å². The fourth-order valence-corrected chi connectivity index (χ4v) is 2.60. The zero-order valence-corrected chi connectivity index (χ0v) is 13.3. The van der Waals surface area contributed by atoms with Crippen molar-refractivity contribution in [2.45, 2.75) is 25.7 Å². The van der Waals surface area contributed by atoms with Gasteiger partial charge in [0.05, 0.1) is 6.54 Å². The first-order valence-electron chi connectivity index (χ1n) is 8.00. The number of rotatable bonds is 6. The van der Waals surface area contributed by atoms with Gasteiger partial charge in [-0.05, 0) is 32.0 Å². The van der Waals surface area contributed by atoms with E-state index in [1.165, 1.54) is 18.9 Å². The zero-order chi connectivity index (χ0) is 15.8. The van der Waals surface area contributed by atoms with Gasteiger partial charge < -0.3 is 9.64 Å². The lowest BCUT2D eigenvalue weighted by atomic mass is 10.2. The quantitative estimate of drug-likeness (QED) is 0.809. The molecular formula is C17H25FN2O2. The number of ether oxygens (including phenoxy) is 1. The smallest absolute Gasteiger partial charge is 0.236 e. The van der Waals surface area contributed by atoms with Crippen LogP contribution >= 0.6 is 0 Å². The van der Waals surface area contributed by atoms with E-state index in [9.17, 15) is 9.18 Å². The Morgan fingerprint density at radius 3 is 2.59 bits per heavy atom. The summed E-state index contributed by atoms with van der Waals surface area (Å²) in [5.41, 5.74) is 0. The fraction of sp³-hybridized carbons (Fsp3) is 0.588. The number of likely N-dealkylation sites (N-methyl/N-ethyl adjacent to an activating group) is 1. The van der Waals surface area contributed by atoms with Crippen LogP contribution in [0.5, 0.6) is 5.75 Å². The highest BCUT2D eigenvalue weighted by Crippen LogP contribution is 2.15. The lowest BCUT2D eigenvalue weighted by Gasteiger charge is -2.24. The van der Waals surface area contributed by atoms with Gasteiger partial charge in [-0.15, -0.1) is 0 Å². The second kappa shape index (κ2) is 8.73. The Kier molecular flexibility index (Phi) is 6.65. The van der Waals surface area contributed by atoms with Crippen molar-refractivity contribution in [3.05, 3.63) is 30.1 Å². The van der Waals surface area contributed by atoms with E-state index in [4.69, 9.17) is 4.74 Å². The van der Waals surface area contributed by atoms with Crippen molar-refractivity contribution >= 4 is 5.91 Å². The molecule has 0 aromatic heterocycles. The summed E-state index contributed by atoms with van der Waals surface area (Å²) in [6, 6.07) is 6.36. The van der Waals surface area contributed by atoms with E-state index in [1.54, 1.807) is 18.2 Å². The number of carbonyl (C=O) groups excluding carboxylic acids is 1. The minimum atomic E-state index is -0.356. The van der Waals surface area contributed by atoms with E-state index in [-0.39, 0.29) is 17.5 Å². The van der Waals surface area contributed by atoms with E-state index in [0.29, 0.717) is 19.7 Å². The molecule has 1 heterocycles. The van der Waals surface area contributed by atoms with Crippen LogP contribution in [-0.2, 0) is 4.79 Å². The molecule has 2 rings (SSSR count). The largest absolute Gasteiger partial charge is 0.489 e. The van der Waals surface area contributed by atoms with Crippen LogP contribution in [-0.4, -0.2) is 55.5 Å². The van der Waals surface area contributed by atoms with Crippen LogP contribution in [0.25, 0.3) is 0 Å². The van der Waals surface area contributed by atoms with Crippen LogP contribution in [0.3, 0.4) is 0 Å². The van der Waals surface area contributed by atoms with Gasteiger partial charge in [-0.1, -0.05) is 25.0 Å². The number of hydrogen-bond acceptors (Lipinski definition) is 3. The number of hydrogen-bond donors (Lipinski definition) is 0. The molecule has 1 aromatic rings. The number of halogens is 1. The molecular weight excluding hydrogens is 283 g/mol. The third-order valence-corrected chi connectivity index (χ3v) is 3.93. The summed E-state index contributed by atoms with van der Waals surface area (Å²) >= 11 is 0. The highest BCUT2D eigenvalue weighted by atomic mass is 19.1. The molecule has 5 heteroatoms. The van der Waals surface area contributed by atoms with Gasteiger partial charge in [0.25, 0.3) is 0 Å². The number of carbonyl (C=O) groups is 1. The molecule has 0 N–H and O–H groups in total. The molecule has 4 nitrogen and oxygen atoms in total. The van der Waals surface area contributed by atoms with Gasteiger partial charge in [-0.2, -0.15) is 0 Å². The molecule has 22 heavy (non-hydrogen) atoms. The van der Waals surface area contributed by atoms with Gasteiger partial charge in [0.2, 0.25) is 5.91 Å². The summed E-state index contributed by atoms with van der Waals surface area (Å²) in [6.45, 7) is 3.09. The monoisotopic (exact) mass is 308 g/mol. The molecule has 122 valence electrons. The van der Waals surface area contributed by atoms with Crippen LogP contribution in [0.1, 0.15) is 25.7 Å². The van der Waals surface area contributed by atoms with Crippen LogP contribution in [0.15, 0.2) is 24.3 Å². The van der Waals surface area contributed by atoms with Gasteiger partial charge in [0.15, 0.2) is 11.6 Å². The Balaban J connectivity index is 1.69. The summed E-state index contributed by atoms with van der Waals surface area (Å²) in [5, 5.41) is 0. The molecule has 0 atom stereocenters. The van der Waals surface area contributed by atoms with Crippen molar-refractivity contribution in [2.75, 3.05) is 39.8 Å². The lowest BCUT2D eigenvalue weighted by Crippen LogP contribution is -2.40. The second-order valence-corrected chi connectivity index (χ2v) is 5.81. The van der Waals surface area contributed by atoms with Gasteiger partial charge in [0, 0.05) is 19.6 Å². The number of para-hydroxylation sites is 1. The molecule has 0 spiro atoms. The van der Waals surface area contributed by atoms with Crippen LogP contribution in [0, 0.1) is 5.82 Å². The molecule has 0 radical (unpaired) electrons. The molecule has 0 unspecified atom stereocenters. The SMILES string of the molecule is CN(CCOc1ccccc1F)CC(=O)N1CCCCCC1. The Labute approximate surface area is 131 Å². The van der Waals surface area contributed by atoms with Crippen molar-refractivity contribution < 1.29 is 13.9 Å². The number of likely N-dealkylation sites (tertiary alicyclic amines) is 1. The molecule has 0 aliphatic carbocycles. The maximum absolute atomic E-state index is 13.4. The second-order valence-electron chi connectivity index (χ2n) is 5.81. The predicted molar refractivity (Wildman–Crippen MR) is 84.4 cm³/mol. The maximum Gasteiger partial charge on any atom is 0.236 e. The normalized spacial score (nSPS) is 15.7. The van der Waals surface area contributed by atoms with Gasteiger partial charge >= 0.3 is 0 Å². The molecule has 1 saturated heterocycles. The van der Waals surface area contributed by atoms with Gasteiger partial charge in [-0.25, -0.2) is 4.39 Å². The van der Waals surface area contributed by atoms with Crippen LogP contribution in [0.2, 0.25) is 0 Å². The van der Waals surface area contributed by atoms with Crippen molar-refractivity contribution in [3.63, 3.8) is 0 Å². The van der Waals surface area contributed by atoms with E-state index < -0.39 is 0 Å². The number of benzene rings is 1. The zero-order valence-electron chi connectivity index (χ0n) is 13.3. The third-order valence-electron chi connectivity index (χ3n) is 3.93. The van der Waals surface area contributed by atoms with Crippen molar-refractivity contribution in [1.29, 1.82) is 0 Å². The Hall–Kier alpha value is -1.62. The topological polar surface area (TPSA) is 32.8 Å². The molecule has 0 bridgehead atoms. The van der Waals surface area contributed by atoms with E-state index in [0.717, 1.165) is 25.9 Å². The Bertz CT molecular complexity index is 473.